The summed E-state index contributed by atoms with van der Waals surface area (Å²) in [5.74, 6) is -9.00. The average molecular weight is 1370 g/mol. The van der Waals surface area contributed by atoms with Gasteiger partial charge in [0.2, 0.25) is 54.3 Å². The second-order valence-corrected chi connectivity index (χ2v) is 24.3. The molecule has 0 aliphatic heterocycles. The molecule has 1 saturated carbocycles. The fourth-order valence-corrected chi connectivity index (χ4v) is 10.9. The smallest absolute Gasteiger partial charge is 0.457 e. The molecule has 516 valence electrons. The summed E-state index contributed by atoms with van der Waals surface area (Å²) >= 11 is 0. The molecule has 1 aliphatic carbocycles. The summed E-state index contributed by atoms with van der Waals surface area (Å²) in [6, 6.07) is 0. The normalized spacial score (nSPS) is 17.8. The molecule has 89 heavy (non-hydrogen) atoms. The zero-order chi connectivity index (χ0) is 66.9. The van der Waals surface area contributed by atoms with Crippen molar-refractivity contribution in [1.82, 2.24) is 0 Å². The van der Waals surface area contributed by atoms with Gasteiger partial charge in [-0.2, -0.15) is 0 Å². The first-order valence-electron chi connectivity index (χ1n) is 28.7. The predicted molar refractivity (Wildman–Crippen MR) is 297 cm³/mol. The summed E-state index contributed by atoms with van der Waals surface area (Å²) in [4.78, 5) is 114. The third kappa shape index (κ3) is 34.2. The Balaban J connectivity index is 5.11. The highest BCUT2D eigenvalue weighted by Gasteiger charge is 2.63. The second kappa shape index (κ2) is 45.8. The largest absolute Gasteiger partial charge is 0.481 e. The third-order valence-electron chi connectivity index (χ3n) is 11.2. The molecule has 0 aromatic heterocycles. The first-order valence-corrected chi connectivity index (χ1v) is 34.5. The fourth-order valence-electron chi connectivity index (χ4n) is 6.50. The zero-order valence-electron chi connectivity index (χ0n) is 51.7. The molecule has 1 rings (SSSR count). The number of hydrogen-bond donors (Lipinski definition) is 0. The molecule has 35 nitrogen and oxygen atoms in total. The Bertz CT molecular complexity index is 2270. The molecule has 0 amide bonds. The lowest BCUT2D eigenvalue weighted by atomic mass is 9.84. The van der Waals surface area contributed by atoms with E-state index in [2.05, 4.69) is 0 Å². The van der Waals surface area contributed by atoms with E-state index in [1.807, 2.05) is 6.92 Å². The molecule has 39 heteroatoms. The molecule has 0 saturated heterocycles. The summed E-state index contributed by atoms with van der Waals surface area (Å²) in [5.41, 5.74) is 0. The van der Waals surface area contributed by atoms with Crippen LogP contribution in [-0.2, 0) is 163 Å². The molecule has 1 fully saturated rings. The van der Waals surface area contributed by atoms with Crippen molar-refractivity contribution in [2.24, 2.45) is 0 Å². The summed E-state index contributed by atoms with van der Waals surface area (Å²) in [6.07, 6.45) is -15.1. The van der Waals surface area contributed by atoms with Gasteiger partial charge in [0, 0.05) is 64.4 Å². The van der Waals surface area contributed by atoms with Gasteiger partial charge in [0.05, 0.1) is 0 Å². The fraction of sp³-hybridized carbons (Fsp3) is 0.820. The highest BCUT2D eigenvalue weighted by Crippen LogP contribution is 2.62. The number of esters is 9. The highest BCUT2D eigenvalue weighted by atomic mass is 31.2. The van der Waals surface area contributed by atoms with Crippen molar-refractivity contribution >= 4 is 85.0 Å². The van der Waals surface area contributed by atoms with Crippen LogP contribution in [0.3, 0.4) is 0 Å². The Hall–Kier alpha value is -4.37. The lowest BCUT2D eigenvalue weighted by molar-refractivity contribution is -0.239. The molecule has 0 heterocycles. The number of carbonyl (C=O) groups is 9. The van der Waals surface area contributed by atoms with Gasteiger partial charge in [-0.3, -0.25) is 61.2 Å². The van der Waals surface area contributed by atoms with Crippen LogP contribution < -0.4 is 0 Å². The molecule has 0 spiro atoms. The number of ether oxygens (including phenoxy) is 10. The standard InChI is InChI=1S/C50H86O35P4/c1-11-21-22-23-24-25-27-64-45-46(81-44(59)26-12-2)48(83-87(61,75-30-67-38(53)15-5)76-31-68-39(54)16-6)50(85-89(63,79-34-71-42(57)19-9)80-35-72-43(58)20-10)49(84-88(62,77-32-69-40(55)17-7)78-33-70-41(56)18-8)47(45)82-86(60,73-28-65-36(51)13-3)74-29-66-37(52)14-4/h45-50H,11-35H2,1-10H3/t45-,46+,47+,48+,49-,50-/m0/s1. The molecule has 0 N–H and O–H groups in total. The van der Waals surface area contributed by atoms with Crippen LogP contribution in [0.4, 0.5) is 0 Å². The van der Waals surface area contributed by atoms with E-state index >= 15 is 18.3 Å². The molecule has 0 aromatic rings. The molecule has 1 aliphatic rings. The minimum Gasteiger partial charge on any atom is -0.457 e. The van der Waals surface area contributed by atoms with Crippen molar-refractivity contribution in [1.29, 1.82) is 0 Å². The highest BCUT2D eigenvalue weighted by molar-refractivity contribution is 7.49. The first kappa shape index (κ1) is 82.6. The van der Waals surface area contributed by atoms with Crippen LogP contribution >= 0.6 is 31.3 Å². The number of phosphoric ester groups is 4. The minimum atomic E-state index is -5.87. The van der Waals surface area contributed by atoms with Crippen LogP contribution in [0.5, 0.6) is 0 Å². The van der Waals surface area contributed by atoms with Crippen LogP contribution in [0.1, 0.15) is 172 Å². The van der Waals surface area contributed by atoms with Gasteiger partial charge in [-0.25, -0.2) is 54.5 Å². The van der Waals surface area contributed by atoms with Gasteiger partial charge in [0.15, 0.2) is 6.10 Å². The third-order valence-corrected chi connectivity index (χ3v) is 16.6. The van der Waals surface area contributed by atoms with Crippen LogP contribution in [0, 0.1) is 0 Å². The average Bonchev–Trinajstić information content (AvgIpc) is 1.05. The maximum atomic E-state index is 15.4. The van der Waals surface area contributed by atoms with Crippen molar-refractivity contribution in [2.75, 3.05) is 61.0 Å². The molecular formula is C50H86O35P4. The number of hydrogen-bond acceptors (Lipinski definition) is 35. The van der Waals surface area contributed by atoms with Crippen LogP contribution in [0.15, 0.2) is 0 Å². The van der Waals surface area contributed by atoms with E-state index in [0.29, 0.717) is 12.8 Å². The first-order chi connectivity index (χ1) is 42.3. The molecule has 6 atom stereocenters. The van der Waals surface area contributed by atoms with Crippen molar-refractivity contribution in [3.05, 3.63) is 0 Å². The van der Waals surface area contributed by atoms with E-state index < -0.39 is 189 Å². The van der Waals surface area contributed by atoms with Crippen LogP contribution in [0.25, 0.3) is 0 Å². The lowest BCUT2D eigenvalue weighted by Crippen LogP contribution is -2.67. The molecule has 0 unspecified atom stereocenters. The van der Waals surface area contributed by atoms with Crippen molar-refractivity contribution in [3.63, 3.8) is 0 Å². The van der Waals surface area contributed by atoms with E-state index in [0.717, 1.165) is 19.3 Å². The van der Waals surface area contributed by atoms with E-state index in [1.165, 1.54) is 62.3 Å². The SMILES string of the molecule is CCCCCCCCO[C@H]1[C@@H](OC(=O)CCC)[C@@H](OP(=O)(OCOC(=O)CC)OCOC(=O)CC)[C@H](OP(=O)(OCOC(=O)CC)OCOC(=O)CC)[C@@H](OP(=O)(OCOC(=O)CC)OCOC(=O)CC)[C@@H]1OP(=O)(OCOC(=O)CC)OCOC(=O)CC. The topological polar surface area (TPSA) is 425 Å². The summed E-state index contributed by atoms with van der Waals surface area (Å²) in [5, 5.41) is 0. The Morgan fingerprint density at radius 2 is 0.494 bits per heavy atom. The number of unbranched alkanes of at least 4 members (excludes halogenated alkanes) is 5. The van der Waals surface area contributed by atoms with Gasteiger partial charge >= 0.3 is 85.0 Å². The minimum absolute atomic E-state index is 0.0268. The van der Waals surface area contributed by atoms with Crippen molar-refractivity contribution in [2.45, 2.75) is 209 Å². The van der Waals surface area contributed by atoms with E-state index in [1.54, 1.807) is 0 Å². The quantitative estimate of drug-likeness (QED) is 0.0180. The summed E-state index contributed by atoms with van der Waals surface area (Å²) in [7, 11) is -23.2. The number of carbonyl (C=O) groups excluding carboxylic acids is 9. The number of rotatable bonds is 51. The van der Waals surface area contributed by atoms with Crippen molar-refractivity contribution < 1.29 is 163 Å². The monoisotopic (exact) mass is 1370 g/mol. The maximum absolute atomic E-state index is 15.4. The zero-order valence-corrected chi connectivity index (χ0v) is 55.3. The number of phosphoric acid groups is 4. The lowest BCUT2D eigenvalue weighted by Gasteiger charge is -2.49. The molecule has 0 bridgehead atoms. The van der Waals surface area contributed by atoms with Gasteiger partial charge < -0.3 is 47.4 Å². The molecule has 0 aromatic carbocycles. The van der Waals surface area contributed by atoms with Gasteiger partial charge in [-0.15, -0.1) is 0 Å². The predicted octanol–water partition coefficient (Wildman–Crippen LogP) is 8.85. The molecule has 0 radical (unpaired) electrons. The summed E-state index contributed by atoms with van der Waals surface area (Å²) < 4.78 is 182. The van der Waals surface area contributed by atoms with Gasteiger partial charge in [-0.05, 0) is 12.8 Å². The van der Waals surface area contributed by atoms with Crippen LogP contribution in [0.2, 0.25) is 0 Å². The van der Waals surface area contributed by atoms with Crippen molar-refractivity contribution in [3.8, 4) is 0 Å². The second-order valence-electron chi connectivity index (χ2n) is 17.8. The van der Waals surface area contributed by atoms with Gasteiger partial charge in [0.1, 0.15) is 30.5 Å². The molecular weight excluding hydrogens is 1280 g/mol. The van der Waals surface area contributed by atoms with Gasteiger partial charge in [0.25, 0.3) is 0 Å². The maximum Gasteiger partial charge on any atom is 0.481 e. The Morgan fingerprint density at radius 3 is 0.730 bits per heavy atom. The van der Waals surface area contributed by atoms with E-state index in [9.17, 15) is 43.2 Å². The van der Waals surface area contributed by atoms with E-state index in [-0.39, 0.29) is 64.2 Å². The van der Waals surface area contributed by atoms with Crippen LogP contribution in [-0.4, -0.2) is 151 Å². The summed E-state index contributed by atoms with van der Waals surface area (Å²) in [6.45, 7) is 3.37. The Kier molecular flexibility index (Phi) is 42.5. The van der Waals surface area contributed by atoms with E-state index in [4.69, 9.17) is 102 Å². The Labute approximate surface area is 516 Å². The van der Waals surface area contributed by atoms with Gasteiger partial charge in [-0.1, -0.05) is 101 Å². The Morgan fingerprint density at radius 1 is 0.270 bits per heavy atom.